The Morgan fingerprint density at radius 2 is 1.97 bits per heavy atom. The van der Waals surface area contributed by atoms with Crippen LogP contribution in [0, 0.1) is 23.0 Å². The van der Waals surface area contributed by atoms with Crippen LogP contribution in [-0.4, -0.2) is 44.5 Å². The largest absolute Gasteiger partial charge is 0.391 e. The highest BCUT2D eigenvalue weighted by Gasteiger charge is 2.59. The molecule has 2 bridgehead atoms. The maximum Gasteiger partial charge on any atom is 0.242 e. The van der Waals surface area contributed by atoms with Gasteiger partial charge in [-0.05, 0) is 68.6 Å². The third kappa shape index (κ3) is 4.61. The summed E-state index contributed by atoms with van der Waals surface area (Å²) in [5.41, 5.74) is -2.59. The minimum absolute atomic E-state index is 0.0318. The number of hydrogen-bond donors (Lipinski definition) is 3. The molecule has 3 aliphatic rings. The molecule has 1 heterocycles. The number of carbonyl (C=O) groups is 2. The van der Waals surface area contributed by atoms with Gasteiger partial charge in [-0.25, -0.2) is 13.2 Å². The molecule has 2 aromatic rings. The third-order valence-corrected chi connectivity index (χ3v) is 8.48. The fourth-order valence-electron chi connectivity index (χ4n) is 6.35. The van der Waals surface area contributed by atoms with Gasteiger partial charge in [0.2, 0.25) is 11.8 Å². The number of alkyl halides is 1. The van der Waals surface area contributed by atoms with Crippen LogP contribution in [0.5, 0.6) is 0 Å². The average Bonchev–Trinajstić information content (AvgIpc) is 3.61. The molecule has 1 aromatic carbocycles. The van der Waals surface area contributed by atoms with Crippen LogP contribution in [0.25, 0.3) is 0 Å². The van der Waals surface area contributed by atoms with Crippen molar-refractivity contribution in [1.29, 1.82) is 0 Å². The number of aromatic nitrogens is 2. The Balaban J connectivity index is 1.33. The third-order valence-electron chi connectivity index (χ3n) is 8.19. The van der Waals surface area contributed by atoms with Gasteiger partial charge in [-0.1, -0.05) is 11.6 Å². The van der Waals surface area contributed by atoms with E-state index >= 15 is 8.78 Å². The lowest BCUT2D eigenvalue weighted by molar-refractivity contribution is -0.127. The lowest BCUT2D eigenvalue weighted by Gasteiger charge is -2.37. The standard InChI is InChI=1S/C25H28ClF3N4O3/c26-15-2-3-16(27)20(21(15)28)22(24-4-6-25(29,13-24)7-5-24)32-23(36)14-10-17(18(34)11-14)31-19(35)12-33-9-1-8-30-33/h1-3,8-9,14,17-18,22,34H,4-7,10-13H2,(H,31,35)(H,32,36)/t14-,17-,18+,22+,24?,25?/m0/s1. The van der Waals surface area contributed by atoms with Crippen molar-refractivity contribution in [3.05, 3.63) is 52.8 Å². The Labute approximate surface area is 211 Å². The highest BCUT2D eigenvalue weighted by molar-refractivity contribution is 6.30. The van der Waals surface area contributed by atoms with Crippen LogP contribution in [-0.2, 0) is 16.1 Å². The van der Waals surface area contributed by atoms with Gasteiger partial charge in [-0.15, -0.1) is 0 Å². The molecular weight excluding hydrogens is 497 g/mol. The summed E-state index contributed by atoms with van der Waals surface area (Å²) in [6.45, 7) is -0.0318. The molecular formula is C25H28ClF3N4O3. The summed E-state index contributed by atoms with van der Waals surface area (Å²) in [7, 11) is 0. The smallest absolute Gasteiger partial charge is 0.242 e. The maximum absolute atomic E-state index is 15.1. The summed E-state index contributed by atoms with van der Waals surface area (Å²) < 4.78 is 46.6. The number of nitrogens with one attached hydrogen (secondary N) is 2. The maximum atomic E-state index is 15.1. The molecule has 4 atom stereocenters. The quantitative estimate of drug-likeness (QED) is 0.482. The van der Waals surface area contributed by atoms with E-state index in [0.29, 0.717) is 12.8 Å². The molecule has 5 rings (SSSR count). The molecule has 3 aliphatic carbocycles. The molecule has 3 saturated carbocycles. The molecule has 0 aliphatic heterocycles. The van der Waals surface area contributed by atoms with E-state index in [4.69, 9.17) is 11.6 Å². The van der Waals surface area contributed by atoms with Crippen molar-refractivity contribution in [2.45, 2.75) is 75.3 Å². The monoisotopic (exact) mass is 524 g/mol. The van der Waals surface area contributed by atoms with Crippen molar-refractivity contribution < 1.29 is 27.9 Å². The highest BCUT2D eigenvalue weighted by atomic mass is 35.5. The van der Waals surface area contributed by atoms with E-state index in [2.05, 4.69) is 15.7 Å². The molecule has 0 radical (unpaired) electrons. The van der Waals surface area contributed by atoms with Crippen LogP contribution >= 0.6 is 11.6 Å². The molecule has 3 fully saturated rings. The molecule has 7 nitrogen and oxygen atoms in total. The Morgan fingerprint density at radius 3 is 2.61 bits per heavy atom. The predicted octanol–water partition coefficient (Wildman–Crippen LogP) is 3.60. The Hall–Kier alpha value is -2.59. The SMILES string of the molecule is O=C(Cn1cccn1)N[C@H]1C[C@H](C(=O)N[C@H](c2c(F)ccc(Cl)c2F)C23CCC(F)(CC2)C3)C[C@H]1O. The Bertz CT molecular complexity index is 1150. The van der Waals surface area contributed by atoms with Crippen molar-refractivity contribution in [2.75, 3.05) is 0 Å². The van der Waals surface area contributed by atoms with Crippen LogP contribution < -0.4 is 10.6 Å². The van der Waals surface area contributed by atoms with Crippen molar-refractivity contribution in [3.63, 3.8) is 0 Å². The number of hydrogen-bond acceptors (Lipinski definition) is 4. The summed E-state index contributed by atoms with van der Waals surface area (Å²) in [4.78, 5) is 25.7. The summed E-state index contributed by atoms with van der Waals surface area (Å²) in [6.07, 6.45) is 3.87. The van der Waals surface area contributed by atoms with Crippen molar-refractivity contribution in [2.24, 2.45) is 11.3 Å². The van der Waals surface area contributed by atoms with E-state index in [1.165, 1.54) is 4.68 Å². The first-order valence-electron chi connectivity index (χ1n) is 12.2. The number of carbonyl (C=O) groups excluding carboxylic acids is 2. The van der Waals surface area contributed by atoms with E-state index in [1.807, 2.05) is 0 Å². The second-order valence-corrected chi connectivity index (χ2v) is 10.9. The van der Waals surface area contributed by atoms with Gasteiger partial charge in [0.25, 0.3) is 0 Å². The van der Waals surface area contributed by atoms with Gasteiger partial charge in [0.15, 0.2) is 0 Å². The molecule has 1 aromatic heterocycles. The van der Waals surface area contributed by atoms with E-state index in [1.54, 1.807) is 18.5 Å². The van der Waals surface area contributed by atoms with E-state index in [9.17, 15) is 19.1 Å². The number of benzene rings is 1. The minimum atomic E-state index is -1.40. The van der Waals surface area contributed by atoms with Gasteiger partial charge in [0, 0.05) is 23.9 Å². The first-order chi connectivity index (χ1) is 17.1. The number of halogens is 4. The first kappa shape index (κ1) is 25.1. The molecule has 2 amide bonds. The zero-order chi connectivity index (χ0) is 25.7. The average molecular weight is 525 g/mol. The fourth-order valence-corrected chi connectivity index (χ4v) is 6.51. The van der Waals surface area contributed by atoms with Gasteiger partial charge in [-0.2, -0.15) is 5.10 Å². The number of rotatable bonds is 7. The first-order valence-corrected chi connectivity index (χ1v) is 12.5. The van der Waals surface area contributed by atoms with Crippen molar-refractivity contribution in [1.82, 2.24) is 20.4 Å². The topological polar surface area (TPSA) is 96.2 Å². The molecule has 0 spiro atoms. The van der Waals surface area contributed by atoms with E-state index in [0.717, 1.165) is 12.1 Å². The van der Waals surface area contributed by atoms with Crippen LogP contribution in [0.15, 0.2) is 30.6 Å². The van der Waals surface area contributed by atoms with Crippen LogP contribution in [0.4, 0.5) is 13.2 Å². The normalized spacial score (nSPS) is 32.0. The number of amides is 2. The summed E-state index contributed by atoms with van der Waals surface area (Å²) in [5, 5.41) is 19.7. The zero-order valence-electron chi connectivity index (χ0n) is 19.5. The van der Waals surface area contributed by atoms with E-state index < -0.39 is 52.7 Å². The van der Waals surface area contributed by atoms with Gasteiger partial charge in [-0.3, -0.25) is 14.3 Å². The summed E-state index contributed by atoms with van der Waals surface area (Å²) >= 11 is 5.96. The Kier molecular flexibility index (Phi) is 6.53. The number of aliphatic hydroxyl groups is 1. The molecule has 194 valence electrons. The summed E-state index contributed by atoms with van der Waals surface area (Å²) in [5.74, 6) is -3.37. The molecule has 3 N–H and O–H groups in total. The van der Waals surface area contributed by atoms with Gasteiger partial charge < -0.3 is 15.7 Å². The Morgan fingerprint density at radius 1 is 1.22 bits per heavy atom. The molecule has 0 saturated heterocycles. The molecule has 0 unspecified atom stereocenters. The molecule has 36 heavy (non-hydrogen) atoms. The van der Waals surface area contributed by atoms with Gasteiger partial charge in [0.05, 0.1) is 23.2 Å². The van der Waals surface area contributed by atoms with E-state index in [-0.39, 0.29) is 55.1 Å². The highest BCUT2D eigenvalue weighted by Crippen LogP contribution is 2.63. The fraction of sp³-hybridized carbons (Fsp3) is 0.560. The lowest BCUT2D eigenvalue weighted by Crippen LogP contribution is -2.43. The number of fused-ring (bicyclic) bond motifs is 2. The zero-order valence-corrected chi connectivity index (χ0v) is 20.3. The second kappa shape index (κ2) is 9.37. The van der Waals surface area contributed by atoms with Crippen LogP contribution in [0.1, 0.15) is 56.6 Å². The predicted molar refractivity (Wildman–Crippen MR) is 124 cm³/mol. The molecule has 11 heteroatoms. The van der Waals surface area contributed by atoms with Crippen molar-refractivity contribution in [3.8, 4) is 0 Å². The summed E-state index contributed by atoms with van der Waals surface area (Å²) in [6, 6.07) is 2.08. The second-order valence-electron chi connectivity index (χ2n) is 10.5. The van der Waals surface area contributed by atoms with Crippen molar-refractivity contribution >= 4 is 23.4 Å². The lowest BCUT2D eigenvalue weighted by atomic mass is 9.74. The number of nitrogens with zero attached hydrogens (tertiary/aromatic N) is 2. The number of aliphatic hydroxyl groups excluding tert-OH is 1. The van der Waals surface area contributed by atoms with Gasteiger partial charge >= 0.3 is 0 Å². The van der Waals surface area contributed by atoms with Gasteiger partial charge in [0.1, 0.15) is 23.8 Å². The van der Waals surface area contributed by atoms with Crippen LogP contribution in [0.3, 0.4) is 0 Å². The minimum Gasteiger partial charge on any atom is -0.391 e. The van der Waals surface area contributed by atoms with Crippen LogP contribution in [0.2, 0.25) is 5.02 Å².